The predicted molar refractivity (Wildman–Crippen MR) is 120 cm³/mol. The summed E-state index contributed by atoms with van der Waals surface area (Å²) in [5, 5.41) is 6.19. The molecule has 0 bridgehead atoms. The number of thiazole rings is 1. The van der Waals surface area contributed by atoms with E-state index in [0.29, 0.717) is 21.4 Å². The first-order valence-electron chi connectivity index (χ1n) is 9.61. The first-order chi connectivity index (χ1) is 15.2. The molecule has 32 heavy (non-hydrogen) atoms. The summed E-state index contributed by atoms with van der Waals surface area (Å²) in [4.78, 5) is 44.1. The van der Waals surface area contributed by atoms with Crippen molar-refractivity contribution in [2.45, 2.75) is 19.4 Å². The number of carbonyl (C=O) groups is 3. The zero-order chi connectivity index (χ0) is 23.0. The van der Waals surface area contributed by atoms with Gasteiger partial charge in [-0.05, 0) is 43.7 Å². The van der Waals surface area contributed by atoms with E-state index in [4.69, 9.17) is 11.6 Å². The largest absolute Gasteiger partial charge is 0.325 e. The molecule has 4 rings (SSSR count). The first kappa shape index (κ1) is 21.9. The van der Waals surface area contributed by atoms with Crippen molar-refractivity contribution in [1.82, 2.24) is 15.2 Å². The number of nitrogens with one attached hydrogen (secondary N) is 2. The van der Waals surface area contributed by atoms with Crippen LogP contribution in [0.15, 0.2) is 48.5 Å². The highest BCUT2D eigenvalue weighted by atomic mass is 35.5. The Morgan fingerprint density at radius 1 is 1.19 bits per heavy atom. The molecule has 0 aliphatic carbocycles. The Bertz CT molecular complexity index is 1210. The quantitative estimate of drug-likeness (QED) is 0.541. The van der Waals surface area contributed by atoms with Crippen molar-refractivity contribution in [2.24, 2.45) is 0 Å². The summed E-state index contributed by atoms with van der Waals surface area (Å²) >= 11 is 7.21. The Kier molecular flexibility index (Phi) is 5.70. The van der Waals surface area contributed by atoms with Gasteiger partial charge in [0.25, 0.3) is 5.91 Å². The maximum absolute atomic E-state index is 13.2. The molecule has 4 amide bonds. The van der Waals surface area contributed by atoms with Crippen molar-refractivity contribution < 1.29 is 18.8 Å². The Hall–Kier alpha value is -3.30. The minimum atomic E-state index is -1.38. The fraction of sp³-hybridized carbons (Fsp3) is 0.182. The molecule has 164 valence electrons. The van der Waals surface area contributed by atoms with Crippen molar-refractivity contribution in [2.75, 3.05) is 11.9 Å². The number of halogens is 2. The lowest BCUT2D eigenvalue weighted by atomic mass is 9.92. The number of carbonyl (C=O) groups excluding carboxylic acids is 3. The van der Waals surface area contributed by atoms with Crippen LogP contribution in [0.25, 0.3) is 11.3 Å². The van der Waals surface area contributed by atoms with E-state index in [2.05, 4.69) is 15.6 Å². The van der Waals surface area contributed by atoms with Gasteiger partial charge in [0.1, 0.15) is 17.9 Å². The zero-order valence-corrected chi connectivity index (χ0v) is 18.7. The van der Waals surface area contributed by atoms with Crippen molar-refractivity contribution in [3.05, 3.63) is 69.8 Å². The van der Waals surface area contributed by atoms with Crippen LogP contribution >= 0.6 is 22.9 Å². The minimum Gasteiger partial charge on any atom is -0.319 e. The standard InChI is InChI=1S/C22H18ClFN4O3S/c1-12-18(13-3-7-15(23)8-4-13)26-20(32-12)25-17(29)11-28-19(30)22(2,27-21(28)31)14-5-9-16(24)10-6-14/h3-10H,11H2,1-2H3,(H,27,31)(H,25,26,29). The van der Waals surface area contributed by atoms with Gasteiger partial charge in [-0.3, -0.25) is 14.5 Å². The molecule has 1 fully saturated rings. The van der Waals surface area contributed by atoms with Crippen LogP contribution in [0.2, 0.25) is 5.02 Å². The van der Waals surface area contributed by atoms with Gasteiger partial charge in [0.15, 0.2) is 5.13 Å². The highest BCUT2D eigenvalue weighted by molar-refractivity contribution is 7.16. The minimum absolute atomic E-state index is 0.353. The van der Waals surface area contributed by atoms with Crippen LogP contribution in [0.4, 0.5) is 14.3 Å². The van der Waals surface area contributed by atoms with E-state index in [1.807, 2.05) is 19.1 Å². The Labute approximate surface area is 192 Å². The van der Waals surface area contributed by atoms with E-state index in [9.17, 15) is 18.8 Å². The maximum atomic E-state index is 13.2. The third-order valence-corrected chi connectivity index (χ3v) is 6.30. The lowest BCUT2D eigenvalue weighted by molar-refractivity contribution is -0.133. The molecule has 10 heteroatoms. The summed E-state index contributed by atoms with van der Waals surface area (Å²) in [6.45, 7) is 2.92. The molecule has 2 heterocycles. The lowest BCUT2D eigenvalue weighted by Gasteiger charge is -2.22. The number of benzene rings is 2. The Morgan fingerprint density at radius 2 is 1.84 bits per heavy atom. The molecule has 1 aliphatic rings. The van der Waals surface area contributed by atoms with Crippen LogP contribution in [-0.4, -0.2) is 34.3 Å². The molecule has 2 N–H and O–H groups in total. The number of aryl methyl sites for hydroxylation is 1. The van der Waals surface area contributed by atoms with Crippen molar-refractivity contribution >= 4 is 45.9 Å². The molecule has 2 aromatic carbocycles. The monoisotopic (exact) mass is 472 g/mol. The average Bonchev–Trinajstić information content (AvgIpc) is 3.21. The molecule has 7 nitrogen and oxygen atoms in total. The number of nitrogens with zero attached hydrogens (tertiary/aromatic N) is 2. The molecular weight excluding hydrogens is 455 g/mol. The first-order valence-corrected chi connectivity index (χ1v) is 10.8. The highest BCUT2D eigenvalue weighted by Crippen LogP contribution is 2.32. The van der Waals surface area contributed by atoms with Crippen molar-refractivity contribution in [3.8, 4) is 11.3 Å². The topological polar surface area (TPSA) is 91.4 Å². The molecule has 1 atom stereocenters. The maximum Gasteiger partial charge on any atom is 0.325 e. The number of anilines is 1. The molecule has 0 radical (unpaired) electrons. The zero-order valence-electron chi connectivity index (χ0n) is 17.1. The number of urea groups is 1. The fourth-order valence-electron chi connectivity index (χ4n) is 3.45. The molecule has 1 aromatic heterocycles. The second-order valence-electron chi connectivity index (χ2n) is 7.43. The summed E-state index contributed by atoms with van der Waals surface area (Å²) in [5.41, 5.74) is 0.599. The SMILES string of the molecule is Cc1sc(NC(=O)CN2C(=O)NC(C)(c3ccc(F)cc3)C2=O)nc1-c1ccc(Cl)cc1. The van der Waals surface area contributed by atoms with Crippen LogP contribution in [0.1, 0.15) is 17.4 Å². The predicted octanol–water partition coefficient (Wildman–Crippen LogP) is 4.32. The summed E-state index contributed by atoms with van der Waals surface area (Å²) in [5.74, 6) is -1.61. The van der Waals surface area contributed by atoms with Gasteiger partial charge in [-0.2, -0.15) is 0 Å². The fourth-order valence-corrected chi connectivity index (χ4v) is 4.43. The third-order valence-electron chi connectivity index (χ3n) is 5.16. The summed E-state index contributed by atoms with van der Waals surface area (Å²) in [6.07, 6.45) is 0. The van der Waals surface area contributed by atoms with Crippen LogP contribution in [0.5, 0.6) is 0 Å². The highest BCUT2D eigenvalue weighted by Gasteiger charge is 2.49. The molecule has 1 saturated heterocycles. The summed E-state index contributed by atoms with van der Waals surface area (Å²) in [7, 11) is 0. The van der Waals surface area contributed by atoms with Gasteiger partial charge < -0.3 is 10.6 Å². The van der Waals surface area contributed by atoms with Gasteiger partial charge in [-0.25, -0.2) is 14.2 Å². The molecular formula is C22H18ClFN4O3S. The second-order valence-corrected chi connectivity index (χ2v) is 9.07. The lowest BCUT2D eigenvalue weighted by Crippen LogP contribution is -2.42. The summed E-state index contributed by atoms with van der Waals surface area (Å²) in [6, 6.07) is 11.7. The molecule has 3 aromatic rings. The van der Waals surface area contributed by atoms with E-state index in [0.717, 1.165) is 15.3 Å². The molecule has 0 spiro atoms. The molecule has 0 saturated carbocycles. The Balaban J connectivity index is 1.47. The number of amides is 4. The van der Waals surface area contributed by atoms with Gasteiger partial charge in [0.05, 0.1) is 5.69 Å². The Morgan fingerprint density at radius 3 is 2.50 bits per heavy atom. The third kappa shape index (κ3) is 4.09. The van der Waals surface area contributed by atoms with E-state index in [-0.39, 0.29) is 0 Å². The van der Waals surface area contributed by atoms with Crippen LogP contribution in [-0.2, 0) is 15.1 Å². The number of hydrogen-bond donors (Lipinski definition) is 2. The van der Waals surface area contributed by atoms with E-state index < -0.39 is 35.7 Å². The van der Waals surface area contributed by atoms with Gasteiger partial charge in [-0.15, -0.1) is 11.3 Å². The molecule has 1 aliphatic heterocycles. The number of imide groups is 1. The van der Waals surface area contributed by atoms with Crippen molar-refractivity contribution in [1.29, 1.82) is 0 Å². The second kappa shape index (κ2) is 8.33. The summed E-state index contributed by atoms with van der Waals surface area (Å²) < 4.78 is 13.2. The van der Waals surface area contributed by atoms with Gasteiger partial charge in [0, 0.05) is 15.5 Å². The van der Waals surface area contributed by atoms with Gasteiger partial charge in [0.2, 0.25) is 5.91 Å². The number of aromatic nitrogens is 1. The van der Waals surface area contributed by atoms with Crippen LogP contribution < -0.4 is 10.6 Å². The smallest absolute Gasteiger partial charge is 0.319 e. The molecule has 1 unspecified atom stereocenters. The number of rotatable bonds is 5. The van der Waals surface area contributed by atoms with Crippen LogP contribution in [0.3, 0.4) is 0 Å². The number of hydrogen-bond acceptors (Lipinski definition) is 5. The van der Waals surface area contributed by atoms with E-state index >= 15 is 0 Å². The van der Waals surface area contributed by atoms with E-state index in [1.165, 1.54) is 42.5 Å². The van der Waals surface area contributed by atoms with Gasteiger partial charge in [-0.1, -0.05) is 35.9 Å². The van der Waals surface area contributed by atoms with E-state index in [1.54, 1.807) is 12.1 Å². The normalized spacial score (nSPS) is 18.1. The van der Waals surface area contributed by atoms with Crippen LogP contribution in [0, 0.1) is 12.7 Å². The van der Waals surface area contributed by atoms with Crippen molar-refractivity contribution in [3.63, 3.8) is 0 Å². The van der Waals surface area contributed by atoms with Gasteiger partial charge >= 0.3 is 6.03 Å². The average molecular weight is 473 g/mol.